The van der Waals surface area contributed by atoms with Crippen molar-refractivity contribution in [1.29, 1.82) is 0 Å². The van der Waals surface area contributed by atoms with E-state index in [-0.39, 0.29) is 18.6 Å². The van der Waals surface area contributed by atoms with Gasteiger partial charge in [-0.3, -0.25) is 4.79 Å². The molecule has 1 saturated heterocycles. The molecule has 0 aromatic heterocycles. The zero-order valence-electron chi connectivity index (χ0n) is 12.3. The monoisotopic (exact) mass is 297 g/mol. The molecule has 1 amide bonds. The topological polar surface area (TPSA) is 49.8 Å². The molecule has 0 saturated carbocycles. The van der Waals surface area contributed by atoms with Crippen LogP contribution in [0.4, 0.5) is 0 Å². The van der Waals surface area contributed by atoms with Crippen LogP contribution < -0.4 is 4.74 Å². The highest BCUT2D eigenvalue weighted by Gasteiger charge is 2.28. The highest BCUT2D eigenvalue weighted by atomic mass is 16.5. The number of amides is 1. The SMILES string of the molecule is O=C(c1ccc(Oc2ccccc2)cc1)N1CCC[C@@H]1CO. The molecule has 22 heavy (non-hydrogen) atoms. The van der Waals surface area contributed by atoms with E-state index in [9.17, 15) is 9.90 Å². The summed E-state index contributed by atoms with van der Waals surface area (Å²) in [5.41, 5.74) is 0.626. The van der Waals surface area contributed by atoms with Crippen molar-refractivity contribution in [3.05, 3.63) is 60.2 Å². The number of aliphatic hydroxyl groups excluding tert-OH is 1. The number of hydrogen-bond donors (Lipinski definition) is 1. The van der Waals surface area contributed by atoms with Crippen molar-refractivity contribution in [2.75, 3.05) is 13.2 Å². The normalized spacial score (nSPS) is 17.5. The summed E-state index contributed by atoms with van der Waals surface area (Å²) in [5.74, 6) is 1.44. The Morgan fingerprint density at radius 1 is 1.09 bits per heavy atom. The molecule has 1 fully saturated rings. The molecule has 114 valence electrons. The van der Waals surface area contributed by atoms with E-state index in [2.05, 4.69) is 0 Å². The number of hydrogen-bond acceptors (Lipinski definition) is 3. The largest absolute Gasteiger partial charge is 0.457 e. The number of aliphatic hydroxyl groups is 1. The second-order valence-corrected chi connectivity index (χ2v) is 5.42. The lowest BCUT2D eigenvalue weighted by Gasteiger charge is -2.23. The van der Waals surface area contributed by atoms with Gasteiger partial charge in [0.1, 0.15) is 11.5 Å². The van der Waals surface area contributed by atoms with E-state index in [1.165, 1.54) is 0 Å². The van der Waals surface area contributed by atoms with E-state index in [0.717, 1.165) is 18.6 Å². The van der Waals surface area contributed by atoms with Crippen molar-refractivity contribution in [2.45, 2.75) is 18.9 Å². The fraction of sp³-hybridized carbons (Fsp3) is 0.278. The molecule has 0 bridgehead atoms. The molecule has 2 aromatic rings. The van der Waals surface area contributed by atoms with Crippen LogP contribution in [0.25, 0.3) is 0 Å². The second-order valence-electron chi connectivity index (χ2n) is 5.42. The standard InChI is InChI=1S/C18H19NO3/c20-13-15-5-4-12-19(15)18(21)14-8-10-17(11-9-14)22-16-6-2-1-3-7-16/h1-3,6-11,15,20H,4-5,12-13H2/t15-/m1/s1. The Morgan fingerprint density at radius 2 is 1.77 bits per heavy atom. The number of para-hydroxylation sites is 1. The third-order valence-electron chi connectivity index (χ3n) is 3.93. The summed E-state index contributed by atoms with van der Waals surface area (Å²) >= 11 is 0. The van der Waals surface area contributed by atoms with Crippen LogP contribution in [0.3, 0.4) is 0 Å². The third-order valence-corrected chi connectivity index (χ3v) is 3.93. The van der Waals surface area contributed by atoms with E-state index in [1.54, 1.807) is 29.2 Å². The minimum Gasteiger partial charge on any atom is -0.457 e. The molecular weight excluding hydrogens is 278 g/mol. The maximum Gasteiger partial charge on any atom is 0.254 e. The molecule has 0 radical (unpaired) electrons. The lowest BCUT2D eigenvalue weighted by molar-refractivity contribution is 0.0677. The summed E-state index contributed by atoms with van der Waals surface area (Å²) in [6.07, 6.45) is 1.82. The van der Waals surface area contributed by atoms with Crippen molar-refractivity contribution >= 4 is 5.91 Å². The Hall–Kier alpha value is -2.33. The van der Waals surface area contributed by atoms with Crippen LogP contribution in [0.5, 0.6) is 11.5 Å². The maximum atomic E-state index is 12.5. The van der Waals surface area contributed by atoms with Crippen LogP contribution in [-0.4, -0.2) is 35.1 Å². The minimum absolute atomic E-state index is 0.0252. The average Bonchev–Trinajstić information content (AvgIpc) is 3.04. The molecule has 1 heterocycles. The van der Waals surface area contributed by atoms with Crippen LogP contribution in [0.15, 0.2) is 54.6 Å². The maximum absolute atomic E-state index is 12.5. The van der Waals surface area contributed by atoms with Crippen LogP contribution in [0.1, 0.15) is 23.2 Å². The van der Waals surface area contributed by atoms with E-state index in [1.807, 2.05) is 30.3 Å². The molecule has 1 aliphatic rings. The molecule has 1 atom stereocenters. The average molecular weight is 297 g/mol. The number of rotatable bonds is 4. The number of carbonyl (C=O) groups excluding carboxylic acids is 1. The summed E-state index contributed by atoms with van der Waals surface area (Å²) in [6.45, 7) is 0.743. The first kappa shape index (κ1) is 14.6. The fourth-order valence-corrected chi connectivity index (χ4v) is 2.75. The van der Waals surface area contributed by atoms with Crippen molar-refractivity contribution in [1.82, 2.24) is 4.90 Å². The van der Waals surface area contributed by atoms with Crippen molar-refractivity contribution < 1.29 is 14.6 Å². The van der Waals surface area contributed by atoms with Crippen LogP contribution in [0.2, 0.25) is 0 Å². The van der Waals surface area contributed by atoms with Crippen LogP contribution >= 0.6 is 0 Å². The summed E-state index contributed by atoms with van der Waals surface area (Å²) in [6, 6.07) is 16.6. The highest BCUT2D eigenvalue weighted by molar-refractivity contribution is 5.94. The van der Waals surface area contributed by atoms with Crippen molar-refractivity contribution in [3.8, 4) is 11.5 Å². The first-order valence-electron chi connectivity index (χ1n) is 7.53. The first-order chi connectivity index (χ1) is 10.8. The Morgan fingerprint density at radius 3 is 2.45 bits per heavy atom. The summed E-state index contributed by atoms with van der Waals surface area (Å²) in [4.78, 5) is 14.2. The lowest BCUT2D eigenvalue weighted by Crippen LogP contribution is -2.37. The second kappa shape index (κ2) is 6.62. The Balaban J connectivity index is 1.70. The minimum atomic E-state index is -0.0484. The predicted octanol–water partition coefficient (Wildman–Crippen LogP) is 3.08. The van der Waals surface area contributed by atoms with Gasteiger partial charge < -0.3 is 14.7 Å². The van der Waals surface area contributed by atoms with E-state index in [4.69, 9.17) is 4.74 Å². The van der Waals surface area contributed by atoms with Gasteiger partial charge in [0.2, 0.25) is 0 Å². The van der Waals surface area contributed by atoms with E-state index >= 15 is 0 Å². The van der Waals surface area contributed by atoms with Gasteiger partial charge in [-0.2, -0.15) is 0 Å². The molecule has 0 aliphatic carbocycles. The molecular formula is C18H19NO3. The fourth-order valence-electron chi connectivity index (χ4n) is 2.75. The van der Waals surface area contributed by atoms with Gasteiger partial charge >= 0.3 is 0 Å². The highest BCUT2D eigenvalue weighted by Crippen LogP contribution is 2.23. The Bertz CT molecular complexity index is 625. The van der Waals surface area contributed by atoms with Crippen LogP contribution in [-0.2, 0) is 0 Å². The zero-order chi connectivity index (χ0) is 15.4. The molecule has 4 nitrogen and oxygen atoms in total. The number of nitrogens with zero attached hydrogens (tertiary/aromatic N) is 1. The van der Waals surface area contributed by atoms with Crippen molar-refractivity contribution in [3.63, 3.8) is 0 Å². The Labute approximate surface area is 130 Å². The first-order valence-corrected chi connectivity index (χ1v) is 7.53. The van der Waals surface area contributed by atoms with Gasteiger partial charge in [0.25, 0.3) is 5.91 Å². The zero-order valence-corrected chi connectivity index (χ0v) is 12.3. The number of carbonyl (C=O) groups is 1. The van der Waals surface area contributed by atoms with Gasteiger partial charge in [-0.15, -0.1) is 0 Å². The third kappa shape index (κ3) is 3.12. The molecule has 3 rings (SSSR count). The Kier molecular flexibility index (Phi) is 4.39. The molecule has 1 aliphatic heterocycles. The van der Waals surface area contributed by atoms with Gasteiger partial charge in [-0.1, -0.05) is 18.2 Å². The molecule has 1 N–H and O–H groups in total. The summed E-state index contributed by atoms with van der Waals surface area (Å²) < 4.78 is 5.72. The lowest BCUT2D eigenvalue weighted by atomic mass is 10.1. The number of ether oxygens (including phenoxy) is 1. The summed E-state index contributed by atoms with van der Waals surface area (Å²) in [7, 11) is 0. The van der Waals surface area contributed by atoms with E-state index < -0.39 is 0 Å². The molecule has 4 heteroatoms. The van der Waals surface area contributed by atoms with Gasteiger partial charge in [-0.25, -0.2) is 0 Å². The molecule has 2 aromatic carbocycles. The van der Waals surface area contributed by atoms with Gasteiger partial charge in [-0.05, 0) is 49.2 Å². The van der Waals surface area contributed by atoms with Crippen molar-refractivity contribution in [2.24, 2.45) is 0 Å². The molecule has 0 unspecified atom stereocenters. The molecule has 0 spiro atoms. The van der Waals surface area contributed by atoms with Gasteiger partial charge in [0, 0.05) is 12.1 Å². The predicted molar refractivity (Wildman–Crippen MR) is 84.1 cm³/mol. The smallest absolute Gasteiger partial charge is 0.254 e. The van der Waals surface area contributed by atoms with Crippen LogP contribution in [0, 0.1) is 0 Å². The van der Waals surface area contributed by atoms with Gasteiger partial charge in [0.15, 0.2) is 0 Å². The quantitative estimate of drug-likeness (QED) is 0.943. The van der Waals surface area contributed by atoms with E-state index in [0.29, 0.717) is 17.9 Å². The number of benzene rings is 2. The number of likely N-dealkylation sites (tertiary alicyclic amines) is 1. The summed E-state index contributed by atoms with van der Waals surface area (Å²) in [5, 5.41) is 9.33. The van der Waals surface area contributed by atoms with Gasteiger partial charge in [0.05, 0.1) is 12.6 Å².